The molecule has 4 aliphatic carbocycles. The van der Waals surface area contributed by atoms with E-state index in [0.29, 0.717) is 18.8 Å². The van der Waals surface area contributed by atoms with Gasteiger partial charge in [-0.1, -0.05) is 40.2 Å². The van der Waals surface area contributed by atoms with E-state index in [4.69, 9.17) is 4.74 Å². The molecule has 0 aromatic carbocycles. The molecule has 0 aromatic heterocycles. The number of aliphatic hydroxyl groups excluding tert-OH is 2. The third kappa shape index (κ3) is 3.67. The molecule has 0 aliphatic heterocycles. The standard InChI is InChI=1S/C29H48O5/c1-17(2)8-9-25(34-7)29(6,33)24-11-13-27(4)19-14-21(30)20-15-22(31)23(32)16-26(20,3)18(19)10-12-28(24,27)5/h14,17-18,20,22-25,31-33H,8-13,15-16H2,1-7H3/t18?,20?,22-,23+,24?,25-,26?,27+,28?,29-/m1/s1. The number of carbonyl (C=O) groups is 1. The summed E-state index contributed by atoms with van der Waals surface area (Å²) in [5, 5.41) is 32.8. The predicted molar refractivity (Wildman–Crippen MR) is 133 cm³/mol. The molecule has 5 heteroatoms. The van der Waals surface area contributed by atoms with Gasteiger partial charge in [-0.3, -0.25) is 4.79 Å². The van der Waals surface area contributed by atoms with Crippen LogP contribution in [0, 0.1) is 39.9 Å². The number of aliphatic hydroxyl groups is 3. The molecule has 3 saturated carbocycles. The van der Waals surface area contributed by atoms with E-state index >= 15 is 0 Å². The van der Waals surface area contributed by atoms with Crippen LogP contribution in [0.25, 0.3) is 0 Å². The summed E-state index contributed by atoms with van der Waals surface area (Å²) in [5.41, 5.74) is -0.338. The zero-order chi connectivity index (χ0) is 25.3. The van der Waals surface area contributed by atoms with Crippen LogP contribution in [0.1, 0.15) is 92.9 Å². The molecule has 10 atom stereocenters. The van der Waals surface area contributed by atoms with Gasteiger partial charge in [0.25, 0.3) is 0 Å². The fraction of sp³-hybridized carbons (Fsp3) is 0.897. The number of fused-ring (bicyclic) bond motifs is 5. The Morgan fingerprint density at radius 1 is 1.09 bits per heavy atom. The number of methoxy groups -OCH3 is 1. The maximum Gasteiger partial charge on any atom is 0.159 e. The summed E-state index contributed by atoms with van der Waals surface area (Å²) in [6, 6.07) is 0. The fourth-order valence-electron chi connectivity index (χ4n) is 9.05. The normalized spacial score (nSPS) is 46.9. The van der Waals surface area contributed by atoms with Gasteiger partial charge < -0.3 is 20.1 Å². The highest BCUT2D eigenvalue weighted by molar-refractivity contribution is 5.94. The molecule has 0 bridgehead atoms. The summed E-state index contributed by atoms with van der Waals surface area (Å²) < 4.78 is 5.90. The van der Waals surface area contributed by atoms with Crippen molar-refractivity contribution in [2.75, 3.05) is 7.11 Å². The Morgan fingerprint density at radius 3 is 2.38 bits per heavy atom. The Hall–Kier alpha value is -0.750. The first-order chi connectivity index (χ1) is 15.7. The van der Waals surface area contributed by atoms with Crippen LogP contribution < -0.4 is 0 Å². The first-order valence-corrected chi connectivity index (χ1v) is 13.6. The Bertz CT molecular complexity index is 832. The molecule has 4 aliphatic rings. The van der Waals surface area contributed by atoms with E-state index < -0.39 is 17.8 Å². The summed E-state index contributed by atoms with van der Waals surface area (Å²) in [7, 11) is 1.72. The van der Waals surface area contributed by atoms with E-state index in [-0.39, 0.29) is 45.9 Å². The second-order valence-electron chi connectivity index (χ2n) is 13.5. The van der Waals surface area contributed by atoms with Crippen molar-refractivity contribution in [3.8, 4) is 0 Å². The topological polar surface area (TPSA) is 87.0 Å². The second-order valence-corrected chi connectivity index (χ2v) is 13.5. The summed E-state index contributed by atoms with van der Waals surface area (Å²) in [6.07, 6.45) is 6.62. The molecular weight excluding hydrogens is 428 g/mol. The number of carbonyl (C=O) groups excluding carboxylic acids is 1. The summed E-state index contributed by atoms with van der Waals surface area (Å²) in [6.45, 7) is 13.2. The molecule has 3 N–H and O–H groups in total. The second kappa shape index (κ2) is 8.68. The lowest BCUT2D eigenvalue weighted by molar-refractivity contribution is -0.164. The minimum atomic E-state index is -0.945. The average molecular weight is 477 g/mol. The number of rotatable bonds is 6. The minimum Gasteiger partial charge on any atom is -0.390 e. The van der Waals surface area contributed by atoms with E-state index in [0.717, 1.165) is 38.5 Å². The smallest absolute Gasteiger partial charge is 0.159 e. The van der Waals surface area contributed by atoms with Crippen molar-refractivity contribution in [2.45, 2.75) is 117 Å². The van der Waals surface area contributed by atoms with Crippen molar-refractivity contribution < 1.29 is 24.9 Å². The number of ketones is 1. The quantitative estimate of drug-likeness (QED) is 0.519. The predicted octanol–water partition coefficient (Wildman–Crippen LogP) is 4.67. The molecule has 34 heavy (non-hydrogen) atoms. The number of hydrogen-bond acceptors (Lipinski definition) is 5. The van der Waals surface area contributed by atoms with Gasteiger partial charge in [-0.15, -0.1) is 0 Å². The van der Waals surface area contributed by atoms with Gasteiger partial charge in [0, 0.05) is 13.0 Å². The number of allylic oxidation sites excluding steroid dienone is 2. The SMILES string of the molecule is CO[C@H](CCC(C)C)[C@](C)(O)C1CC[C@@]2(C)C3=CC(=O)C4C[C@@H](O)[C@@H](O)CC4(C)C3CCC12C. The average Bonchev–Trinajstić information content (AvgIpc) is 3.02. The van der Waals surface area contributed by atoms with Crippen molar-refractivity contribution in [3.05, 3.63) is 11.6 Å². The molecule has 3 fully saturated rings. The minimum absolute atomic E-state index is 0.0864. The van der Waals surface area contributed by atoms with Crippen molar-refractivity contribution in [2.24, 2.45) is 39.9 Å². The summed E-state index contributed by atoms with van der Waals surface area (Å²) in [5.74, 6) is 0.778. The van der Waals surface area contributed by atoms with Crippen LogP contribution in [0.2, 0.25) is 0 Å². The molecule has 0 saturated heterocycles. The summed E-state index contributed by atoms with van der Waals surface area (Å²) in [4.78, 5) is 13.4. The zero-order valence-corrected chi connectivity index (χ0v) is 22.4. The van der Waals surface area contributed by atoms with Gasteiger partial charge in [-0.25, -0.2) is 0 Å². The monoisotopic (exact) mass is 476 g/mol. The third-order valence-corrected chi connectivity index (χ3v) is 11.4. The lowest BCUT2D eigenvalue weighted by atomic mass is 9.43. The van der Waals surface area contributed by atoms with E-state index in [1.165, 1.54) is 5.57 Å². The van der Waals surface area contributed by atoms with E-state index in [1.54, 1.807) is 7.11 Å². The molecular formula is C29H48O5. The van der Waals surface area contributed by atoms with Gasteiger partial charge in [0.2, 0.25) is 0 Å². The number of hydrogen-bond donors (Lipinski definition) is 3. The van der Waals surface area contributed by atoms with Crippen molar-refractivity contribution in [3.63, 3.8) is 0 Å². The molecule has 0 spiro atoms. The van der Waals surface area contributed by atoms with E-state index in [2.05, 4.69) is 34.6 Å². The van der Waals surface area contributed by atoms with Crippen LogP contribution >= 0.6 is 0 Å². The molecule has 5 nitrogen and oxygen atoms in total. The largest absolute Gasteiger partial charge is 0.390 e. The Balaban J connectivity index is 1.69. The van der Waals surface area contributed by atoms with E-state index in [9.17, 15) is 20.1 Å². The van der Waals surface area contributed by atoms with Crippen LogP contribution in [0.15, 0.2) is 11.6 Å². The van der Waals surface area contributed by atoms with Gasteiger partial charge in [-0.2, -0.15) is 0 Å². The lowest BCUT2D eigenvalue weighted by Gasteiger charge is -2.62. The van der Waals surface area contributed by atoms with Crippen LogP contribution in [-0.4, -0.2) is 52.1 Å². The highest BCUT2D eigenvalue weighted by Crippen LogP contribution is 2.72. The molecule has 5 unspecified atom stereocenters. The van der Waals surface area contributed by atoms with E-state index in [1.807, 2.05) is 13.0 Å². The van der Waals surface area contributed by atoms with Crippen LogP contribution in [-0.2, 0) is 9.53 Å². The van der Waals surface area contributed by atoms with Gasteiger partial charge in [-0.05, 0) is 98.4 Å². The maximum atomic E-state index is 13.4. The Morgan fingerprint density at radius 2 is 1.76 bits per heavy atom. The third-order valence-electron chi connectivity index (χ3n) is 11.4. The molecule has 194 valence electrons. The molecule has 0 aromatic rings. The molecule has 4 rings (SSSR count). The van der Waals surface area contributed by atoms with Gasteiger partial charge in [0.05, 0.1) is 23.9 Å². The zero-order valence-electron chi connectivity index (χ0n) is 22.4. The van der Waals surface area contributed by atoms with Gasteiger partial charge in [0.1, 0.15) is 0 Å². The van der Waals surface area contributed by atoms with Crippen LogP contribution in [0.3, 0.4) is 0 Å². The Kier molecular flexibility index (Phi) is 6.72. The lowest BCUT2D eigenvalue weighted by Crippen LogP contribution is -2.60. The number of ether oxygens (including phenoxy) is 1. The Labute approximate surface area is 206 Å². The van der Waals surface area contributed by atoms with Crippen LogP contribution in [0.4, 0.5) is 0 Å². The first-order valence-electron chi connectivity index (χ1n) is 13.6. The summed E-state index contributed by atoms with van der Waals surface area (Å²) >= 11 is 0. The van der Waals surface area contributed by atoms with Crippen molar-refractivity contribution in [1.82, 2.24) is 0 Å². The highest BCUT2D eigenvalue weighted by atomic mass is 16.5. The van der Waals surface area contributed by atoms with Crippen LogP contribution in [0.5, 0.6) is 0 Å². The van der Waals surface area contributed by atoms with Gasteiger partial charge in [0.15, 0.2) is 5.78 Å². The molecule has 0 amide bonds. The molecule has 0 heterocycles. The highest BCUT2D eigenvalue weighted by Gasteiger charge is 2.67. The fourth-order valence-corrected chi connectivity index (χ4v) is 9.05. The van der Waals surface area contributed by atoms with Crippen molar-refractivity contribution >= 4 is 5.78 Å². The first kappa shape index (κ1) is 26.3. The van der Waals surface area contributed by atoms with Gasteiger partial charge >= 0.3 is 0 Å². The molecule has 0 radical (unpaired) electrons. The van der Waals surface area contributed by atoms with Crippen molar-refractivity contribution in [1.29, 1.82) is 0 Å². The maximum absolute atomic E-state index is 13.4.